The lowest BCUT2D eigenvalue weighted by Crippen LogP contribution is -2.20. The molecule has 4 nitrogen and oxygen atoms in total. The molecule has 1 atom stereocenters. The Morgan fingerprint density at radius 3 is 2.71 bits per heavy atom. The molecule has 1 N–H and O–H groups in total. The van der Waals surface area contributed by atoms with Crippen molar-refractivity contribution in [3.05, 3.63) is 54.1 Å². The van der Waals surface area contributed by atoms with E-state index >= 15 is 0 Å². The van der Waals surface area contributed by atoms with E-state index < -0.39 is 6.10 Å². The SMILES string of the molecule is CC(=O)c1ccc(OCC(O)CSc2nc3ccccc3s2)cc1. The van der Waals surface area contributed by atoms with Crippen molar-refractivity contribution in [2.24, 2.45) is 0 Å². The van der Waals surface area contributed by atoms with Crippen LogP contribution in [0, 0.1) is 0 Å². The average molecular weight is 359 g/mol. The van der Waals surface area contributed by atoms with Gasteiger partial charge in [0, 0.05) is 11.3 Å². The van der Waals surface area contributed by atoms with E-state index in [0.29, 0.717) is 17.1 Å². The second-order valence-electron chi connectivity index (χ2n) is 5.30. The summed E-state index contributed by atoms with van der Waals surface area (Å²) in [6, 6.07) is 14.9. The first kappa shape index (κ1) is 17.0. The van der Waals surface area contributed by atoms with Crippen LogP contribution in [0.4, 0.5) is 0 Å². The lowest BCUT2D eigenvalue weighted by Gasteiger charge is -2.11. The number of hydrogen-bond donors (Lipinski definition) is 1. The molecule has 0 aliphatic carbocycles. The third-order valence-electron chi connectivity index (χ3n) is 3.38. The molecule has 1 aromatic heterocycles. The standard InChI is InChI=1S/C18H17NO3S2/c1-12(20)13-6-8-15(9-7-13)22-10-14(21)11-23-18-19-16-4-2-3-5-17(16)24-18/h2-9,14,21H,10-11H2,1H3. The maximum atomic E-state index is 11.2. The predicted octanol–water partition coefficient (Wildman–Crippen LogP) is 4.03. The van der Waals surface area contributed by atoms with Crippen molar-refractivity contribution in [3.8, 4) is 5.75 Å². The molecule has 124 valence electrons. The van der Waals surface area contributed by atoms with Gasteiger partial charge in [0.25, 0.3) is 0 Å². The Labute approximate surface area is 148 Å². The number of thioether (sulfide) groups is 1. The predicted molar refractivity (Wildman–Crippen MR) is 98.3 cm³/mol. The molecule has 0 radical (unpaired) electrons. The van der Waals surface area contributed by atoms with Gasteiger partial charge in [-0.15, -0.1) is 11.3 Å². The summed E-state index contributed by atoms with van der Waals surface area (Å²) in [7, 11) is 0. The summed E-state index contributed by atoms with van der Waals surface area (Å²) in [4.78, 5) is 15.7. The zero-order valence-corrected chi connectivity index (χ0v) is 14.8. The second-order valence-corrected chi connectivity index (χ2v) is 7.60. The minimum atomic E-state index is -0.588. The minimum absolute atomic E-state index is 0.0221. The van der Waals surface area contributed by atoms with Crippen LogP contribution in [0.1, 0.15) is 17.3 Å². The summed E-state index contributed by atoms with van der Waals surface area (Å²) in [5.41, 5.74) is 1.63. The highest BCUT2D eigenvalue weighted by atomic mass is 32.2. The van der Waals surface area contributed by atoms with Gasteiger partial charge in [-0.1, -0.05) is 23.9 Å². The fraction of sp³-hybridized carbons (Fsp3) is 0.222. The second kappa shape index (κ2) is 7.79. The molecule has 3 rings (SSSR count). The molecule has 6 heteroatoms. The number of Topliss-reactive ketones (excluding diaryl/α,β-unsaturated/α-hetero) is 1. The van der Waals surface area contributed by atoms with Crippen LogP contribution in [-0.2, 0) is 0 Å². The highest BCUT2D eigenvalue weighted by Gasteiger charge is 2.10. The Hall–Kier alpha value is -1.89. The third kappa shape index (κ3) is 4.35. The number of ether oxygens (including phenoxy) is 1. The summed E-state index contributed by atoms with van der Waals surface area (Å²) in [5.74, 6) is 1.18. The lowest BCUT2D eigenvalue weighted by atomic mass is 10.1. The molecule has 1 heterocycles. The van der Waals surface area contributed by atoms with Gasteiger partial charge >= 0.3 is 0 Å². The number of carbonyl (C=O) groups excluding carboxylic acids is 1. The number of ketones is 1. The van der Waals surface area contributed by atoms with Crippen molar-refractivity contribution < 1.29 is 14.6 Å². The van der Waals surface area contributed by atoms with Crippen molar-refractivity contribution in [1.29, 1.82) is 0 Å². The van der Waals surface area contributed by atoms with E-state index in [9.17, 15) is 9.90 Å². The van der Waals surface area contributed by atoms with Crippen molar-refractivity contribution in [2.45, 2.75) is 17.4 Å². The summed E-state index contributed by atoms with van der Waals surface area (Å²) in [6.45, 7) is 1.73. The van der Waals surface area contributed by atoms with Crippen LogP contribution in [0.3, 0.4) is 0 Å². The van der Waals surface area contributed by atoms with Crippen LogP contribution in [0.15, 0.2) is 52.9 Å². The topological polar surface area (TPSA) is 59.4 Å². The average Bonchev–Trinajstić information content (AvgIpc) is 3.01. The zero-order chi connectivity index (χ0) is 16.9. The molecule has 0 fully saturated rings. The Bertz CT molecular complexity index is 797. The number of benzene rings is 2. The van der Waals surface area contributed by atoms with E-state index in [4.69, 9.17) is 4.74 Å². The summed E-state index contributed by atoms with van der Waals surface area (Å²) in [6.07, 6.45) is -0.588. The Kier molecular flexibility index (Phi) is 5.50. The number of fused-ring (bicyclic) bond motifs is 1. The fourth-order valence-corrected chi connectivity index (χ4v) is 4.11. The number of nitrogens with zero attached hydrogens (tertiary/aromatic N) is 1. The molecule has 0 aliphatic heterocycles. The van der Waals surface area contributed by atoms with Gasteiger partial charge in [-0.25, -0.2) is 4.98 Å². The van der Waals surface area contributed by atoms with Crippen LogP contribution in [0.5, 0.6) is 5.75 Å². The fourth-order valence-electron chi connectivity index (χ4n) is 2.11. The van der Waals surface area contributed by atoms with Crippen LogP contribution in [0.2, 0.25) is 0 Å². The van der Waals surface area contributed by atoms with Crippen LogP contribution in [0.25, 0.3) is 10.2 Å². The van der Waals surface area contributed by atoms with Crippen molar-refractivity contribution >= 4 is 39.1 Å². The van der Waals surface area contributed by atoms with E-state index in [0.717, 1.165) is 14.6 Å². The Morgan fingerprint density at radius 2 is 2.00 bits per heavy atom. The van der Waals surface area contributed by atoms with Gasteiger partial charge in [-0.05, 0) is 43.3 Å². The van der Waals surface area contributed by atoms with Crippen molar-refractivity contribution in [3.63, 3.8) is 0 Å². The van der Waals surface area contributed by atoms with Gasteiger partial charge in [0.1, 0.15) is 12.4 Å². The number of aliphatic hydroxyl groups is 1. The molecule has 0 bridgehead atoms. The Morgan fingerprint density at radius 1 is 1.25 bits per heavy atom. The van der Waals surface area contributed by atoms with E-state index in [1.54, 1.807) is 35.6 Å². The molecule has 3 aromatic rings. The quantitative estimate of drug-likeness (QED) is 0.510. The summed E-state index contributed by atoms with van der Waals surface area (Å²) in [5, 5.41) is 10.1. The Balaban J connectivity index is 1.48. The van der Waals surface area contributed by atoms with Gasteiger partial charge < -0.3 is 9.84 Å². The first-order valence-electron chi connectivity index (χ1n) is 7.52. The molecule has 24 heavy (non-hydrogen) atoms. The van der Waals surface area contributed by atoms with E-state index in [2.05, 4.69) is 4.98 Å². The van der Waals surface area contributed by atoms with Gasteiger partial charge in [0.05, 0.1) is 16.3 Å². The molecule has 0 spiro atoms. The van der Waals surface area contributed by atoms with Gasteiger partial charge in [0.2, 0.25) is 0 Å². The number of aliphatic hydroxyl groups excluding tert-OH is 1. The molecule has 0 saturated carbocycles. The maximum Gasteiger partial charge on any atom is 0.159 e. The van der Waals surface area contributed by atoms with Crippen LogP contribution in [-0.4, -0.2) is 34.3 Å². The van der Waals surface area contributed by atoms with Crippen molar-refractivity contribution in [1.82, 2.24) is 4.98 Å². The van der Waals surface area contributed by atoms with E-state index in [1.807, 2.05) is 24.3 Å². The van der Waals surface area contributed by atoms with Crippen LogP contribution < -0.4 is 4.74 Å². The highest BCUT2D eigenvalue weighted by molar-refractivity contribution is 8.01. The van der Waals surface area contributed by atoms with Gasteiger partial charge in [-0.2, -0.15) is 0 Å². The number of para-hydroxylation sites is 1. The monoisotopic (exact) mass is 359 g/mol. The maximum absolute atomic E-state index is 11.2. The number of thiazole rings is 1. The number of aromatic nitrogens is 1. The molecule has 2 aromatic carbocycles. The molecule has 0 saturated heterocycles. The molecule has 1 unspecified atom stereocenters. The summed E-state index contributed by atoms with van der Waals surface area (Å²) < 4.78 is 7.65. The van der Waals surface area contributed by atoms with Gasteiger partial charge in [0.15, 0.2) is 10.1 Å². The molecule has 0 aliphatic rings. The molecule has 0 amide bonds. The molecular formula is C18H17NO3S2. The highest BCUT2D eigenvalue weighted by Crippen LogP contribution is 2.29. The van der Waals surface area contributed by atoms with Crippen LogP contribution >= 0.6 is 23.1 Å². The van der Waals surface area contributed by atoms with Gasteiger partial charge in [-0.3, -0.25) is 4.79 Å². The largest absolute Gasteiger partial charge is 0.491 e. The first-order chi connectivity index (χ1) is 11.6. The number of rotatable bonds is 7. The summed E-state index contributed by atoms with van der Waals surface area (Å²) >= 11 is 3.15. The number of hydrogen-bond acceptors (Lipinski definition) is 6. The normalized spacial score (nSPS) is 12.2. The smallest absolute Gasteiger partial charge is 0.159 e. The van der Waals surface area contributed by atoms with E-state index in [1.165, 1.54) is 18.7 Å². The van der Waals surface area contributed by atoms with E-state index in [-0.39, 0.29) is 12.4 Å². The third-order valence-corrected chi connectivity index (χ3v) is 5.70. The minimum Gasteiger partial charge on any atom is -0.491 e. The molecular weight excluding hydrogens is 342 g/mol. The number of carbonyl (C=O) groups is 1. The first-order valence-corrected chi connectivity index (χ1v) is 9.32. The lowest BCUT2D eigenvalue weighted by molar-refractivity contribution is 0.101. The van der Waals surface area contributed by atoms with Crippen molar-refractivity contribution in [2.75, 3.05) is 12.4 Å². The zero-order valence-electron chi connectivity index (χ0n) is 13.1.